The normalized spacial score (nSPS) is 21.7. The highest BCUT2D eigenvalue weighted by Gasteiger charge is 2.68. The molecule has 11 rings (SSSR count). The lowest BCUT2D eigenvalue weighted by atomic mass is 10.4. The average Bonchev–Trinajstić information content (AvgIpc) is 0.917. The fourth-order valence-electron chi connectivity index (χ4n) is 12.1. The van der Waals surface area contributed by atoms with E-state index >= 15 is 0 Å². The second kappa shape index (κ2) is 25.4. The van der Waals surface area contributed by atoms with Gasteiger partial charge in [0.15, 0.2) is 0 Å². The minimum Gasteiger partial charge on any atom is -0.416 e. The summed E-state index contributed by atoms with van der Waals surface area (Å²) in [6.07, 6.45) is 0. The smallest absolute Gasteiger partial charge is 0.390 e. The van der Waals surface area contributed by atoms with E-state index in [0.717, 1.165) is 41.5 Å². The molecule has 0 aliphatic carbocycles. The fourth-order valence-corrected chi connectivity index (χ4v) is 71.6. The second-order valence-electron chi connectivity index (χ2n) is 24.3. The highest BCUT2D eigenvalue weighted by Crippen LogP contribution is 2.34. The zero-order valence-electron chi connectivity index (χ0n) is 51.1. The lowest BCUT2D eigenvalue weighted by molar-refractivity contribution is 0.236. The van der Waals surface area contributed by atoms with Crippen molar-refractivity contribution in [1.29, 1.82) is 0 Å². The van der Waals surface area contributed by atoms with Gasteiger partial charge in [0.05, 0.1) is 0 Å². The first-order valence-corrected chi connectivity index (χ1v) is 55.8. The first kappa shape index (κ1) is 64.2. The van der Waals surface area contributed by atoms with Gasteiger partial charge in [0.1, 0.15) is 0 Å². The van der Waals surface area contributed by atoms with Gasteiger partial charge in [0, 0.05) is 0 Å². The maximum Gasteiger partial charge on any atom is 0.390 e. The van der Waals surface area contributed by atoms with Crippen LogP contribution in [0.25, 0.3) is 0 Å². The SMILES string of the molecule is C[Si]1(C)O[Si](C)(C)O[Si](C)(C)O1.C[Si]1(C)O[Si](C)(C)O[Si](C)(C)O[Si](C)(C)O1.c1ccc([Si]2(c3ccccc3)O[Si](c3ccccc3)(c3ccccc3)O[Si](c3ccccc3)(c3ccccc3)O[Si](c3ccccc3)(c3ccccc3)O2)cc1. The Morgan fingerprint density at radius 2 is 0.238 bits per heavy atom. The van der Waals surface area contributed by atoms with E-state index in [0.29, 0.717) is 0 Å². The van der Waals surface area contributed by atoms with Gasteiger partial charge in [0.2, 0.25) is 0 Å². The molecule has 3 aliphatic heterocycles. The molecule has 0 unspecified atom stereocenters. The van der Waals surface area contributed by atoms with E-state index in [1.54, 1.807) is 0 Å². The van der Waals surface area contributed by atoms with Crippen molar-refractivity contribution in [2.45, 2.75) is 91.7 Å². The molecule has 0 aromatic heterocycles. The molecule has 0 amide bonds. The molecular formula is C62H82O11Si11. The third-order valence-corrected chi connectivity index (χ3v) is 59.3. The third-order valence-electron chi connectivity index (χ3n) is 13.8. The lowest BCUT2D eigenvalue weighted by Crippen LogP contribution is -2.88. The molecule has 3 aliphatic rings. The van der Waals surface area contributed by atoms with Crippen molar-refractivity contribution < 1.29 is 45.3 Å². The van der Waals surface area contributed by atoms with Crippen LogP contribution >= 0.6 is 0 Å². The molecule has 0 bridgehead atoms. The summed E-state index contributed by atoms with van der Waals surface area (Å²) in [4.78, 5) is 0. The van der Waals surface area contributed by atoms with Crippen LogP contribution in [-0.4, -0.2) is 94.2 Å². The zero-order chi connectivity index (χ0) is 60.2. The first-order chi connectivity index (χ1) is 39.6. The van der Waals surface area contributed by atoms with E-state index in [2.05, 4.69) is 286 Å². The summed E-state index contributed by atoms with van der Waals surface area (Å²) in [6.45, 7) is 29.2. The molecule has 0 radical (unpaired) electrons. The van der Waals surface area contributed by atoms with Gasteiger partial charge in [-0.25, -0.2) is 0 Å². The summed E-state index contributed by atoms with van der Waals surface area (Å²) in [6, 6.07) is 84.2. The minimum absolute atomic E-state index is 0.972. The van der Waals surface area contributed by atoms with Crippen LogP contribution in [0, 0.1) is 0 Å². The number of hydrogen-bond donors (Lipinski definition) is 0. The maximum atomic E-state index is 8.43. The Kier molecular flexibility index (Phi) is 19.4. The zero-order valence-corrected chi connectivity index (χ0v) is 62.1. The van der Waals surface area contributed by atoms with Gasteiger partial charge in [-0.2, -0.15) is 0 Å². The van der Waals surface area contributed by atoms with Gasteiger partial charge in [-0.15, -0.1) is 0 Å². The van der Waals surface area contributed by atoms with Crippen molar-refractivity contribution in [3.63, 3.8) is 0 Å². The summed E-state index contributed by atoms with van der Waals surface area (Å²) in [5.41, 5.74) is 0. The summed E-state index contributed by atoms with van der Waals surface area (Å²) in [5, 5.41) is 7.77. The van der Waals surface area contributed by atoms with Crippen molar-refractivity contribution in [3.05, 3.63) is 243 Å². The van der Waals surface area contributed by atoms with Crippen molar-refractivity contribution in [2.75, 3.05) is 0 Å². The standard InChI is InChI=1S/C48H40O4Si4.C8H24O4Si4.C6H18O3Si3/c1-9-25-41(26-10-1)53(42-27-11-2-12-28-42)49-54(43-29-13-3-14-30-43,44-31-15-4-16-32-44)51-56(47-37-21-7-22-38-47,48-39-23-8-24-40-48)52-55(50-53,45-33-17-5-18-34-45)46-35-19-6-20-36-46;1-13(2)9-14(3,4)11-16(7,8)12-15(5,6)10-13;1-10(2)7-11(3,4)9-12(5,6)8-10/h1-40H;1-8H3;1-6H3. The van der Waals surface area contributed by atoms with E-state index in [9.17, 15) is 0 Å². The Morgan fingerprint density at radius 3 is 0.333 bits per heavy atom. The molecular weight excluding hydrogens is 1230 g/mol. The van der Waals surface area contributed by atoms with Crippen LogP contribution in [0.1, 0.15) is 0 Å². The van der Waals surface area contributed by atoms with Crippen LogP contribution in [0.15, 0.2) is 243 Å². The minimum atomic E-state index is -3.89. The molecule has 8 aromatic carbocycles. The largest absolute Gasteiger partial charge is 0.416 e. The molecule has 84 heavy (non-hydrogen) atoms. The van der Waals surface area contributed by atoms with Gasteiger partial charge in [-0.05, 0) is 133 Å². The third kappa shape index (κ3) is 15.2. The Bertz CT molecular complexity index is 2730. The van der Waals surface area contributed by atoms with E-state index in [1.807, 2.05) is 48.5 Å². The van der Waals surface area contributed by atoms with Crippen molar-refractivity contribution in [2.24, 2.45) is 0 Å². The van der Waals surface area contributed by atoms with Gasteiger partial charge < -0.3 is 45.3 Å². The monoisotopic (exact) mass is 1310 g/mol. The Balaban J connectivity index is 0.000000247. The van der Waals surface area contributed by atoms with Crippen molar-refractivity contribution >= 4 is 136 Å². The molecule has 440 valence electrons. The van der Waals surface area contributed by atoms with Gasteiger partial charge in [-0.1, -0.05) is 243 Å². The number of rotatable bonds is 8. The van der Waals surface area contributed by atoms with Crippen LogP contribution in [0.4, 0.5) is 0 Å². The highest BCUT2D eigenvalue weighted by molar-refractivity contribution is 7.16. The average molecular weight is 1310 g/mol. The molecule has 3 heterocycles. The molecule has 0 saturated carbocycles. The molecule has 22 heteroatoms. The van der Waals surface area contributed by atoms with Crippen LogP contribution in [0.3, 0.4) is 0 Å². The Hall–Kier alpha value is -4.29. The van der Waals surface area contributed by atoms with Crippen molar-refractivity contribution in [3.8, 4) is 0 Å². The van der Waals surface area contributed by atoms with Crippen LogP contribution in [0.2, 0.25) is 91.7 Å². The van der Waals surface area contributed by atoms with Gasteiger partial charge in [-0.3, -0.25) is 0 Å². The summed E-state index contributed by atoms with van der Waals surface area (Å²) >= 11 is 0. The van der Waals surface area contributed by atoms with Crippen LogP contribution in [-0.2, 0) is 45.3 Å². The van der Waals surface area contributed by atoms with E-state index in [4.69, 9.17) is 45.3 Å². The quantitative estimate of drug-likeness (QED) is 0.136. The summed E-state index contributed by atoms with van der Waals surface area (Å²) in [5.74, 6) is 0. The maximum absolute atomic E-state index is 8.43. The van der Waals surface area contributed by atoms with Gasteiger partial charge in [0.25, 0.3) is 0 Å². The summed E-state index contributed by atoms with van der Waals surface area (Å²) < 4.78 is 76.0. The highest BCUT2D eigenvalue weighted by atomic mass is 28.5. The molecule has 0 atom stereocenters. The molecule has 3 fully saturated rings. The molecule has 11 nitrogen and oxygen atoms in total. The summed E-state index contributed by atoms with van der Waals surface area (Å²) in [7, 11) is -29.6. The van der Waals surface area contributed by atoms with Crippen LogP contribution < -0.4 is 41.5 Å². The van der Waals surface area contributed by atoms with Crippen LogP contribution in [0.5, 0.6) is 0 Å². The molecule has 8 aromatic rings. The van der Waals surface area contributed by atoms with E-state index in [-0.39, 0.29) is 0 Å². The van der Waals surface area contributed by atoms with Crippen molar-refractivity contribution in [1.82, 2.24) is 0 Å². The molecule has 0 N–H and O–H groups in total. The molecule has 3 saturated heterocycles. The van der Waals surface area contributed by atoms with E-state index in [1.165, 1.54) is 0 Å². The molecule has 0 spiro atoms. The van der Waals surface area contributed by atoms with Gasteiger partial charge >= 0.3 is 94.2 Å². The topological polar surface area (TPSA) is 102 Å². The predicted octanol–water partition coefficient (Wildman–Crippen LogP) is 10.1. The Morgan fingerprint density at radius 1 is 0.143 bits per heavy atom. The lowest BCUT2D eigenvalue weighted by Gasteiger charge is -2.53. The Labute approximate surface area is 511 Å². The number of hydrogen-bond acceptors (Lipinski definition) is 11. The van der Waals surface area contributed by atoms with E-state index < -0.39 is 94.2 Å². The predicted molar refractivity (Wildman–Crippen MR) is 366 cm³/mol. The number of benzene rings is 8. The second-order valence-corrected chi connectivity index (χ2v) is 62.4. The first-order valence-electron chi connectivity index (χ1n) is 28.8. The fraction of sp³-hybridized carbons (Fsp3) is 0.226.